The van der Waals surface area contributed by atoms with Gasteiger partial charge in [-0.1, -0.05) is 46.9 Å². The van der Waals surface area contributed by atoms with Crippen LogP contribution < -0.4 is 5.43 Å². The van der Waals surface area contributed by atoms with E-state index in [-0.39, 0.29) is 5.43 Å². The van der Waals surface area contributed by atoms with Gasteiger partial charge in [0.05, 0.1) is 15.9 Å². The SMILES string of the molecule is O=c1c(-c2ccc(Cl)cc2)c[nH]c2cc(Cl)cc(Cl)c12. The topological polar surface area (TPSA) is 32.9 Å². The van der Waals surface area contributed by atoms with Gasteiger partial charge in [0.2, 0.25) is 0 Å². The summed E-state index contributed by atoms with van der Waals surface area (Å²) in [6.45, 7) is 0. The number of hydrogen-bond acceptors (Lipinski definition) is 1. The maximum Gasteiger partial charge on any atom is 0.198 e. The summed E-state index contributed by atoms with van der Waals surface area (Å²) < 4.78 is 0. The van der Waals surface area contributed by atoms with Crippen molar-refractivity contribution in [3.63, 3.8) is 0 Å². The maximum absolute atomic E-state index is 12.6. The number of H-pyrrole nitrogens is 1. The predicted molar refractivity (Wildman–Crippen MR) is 85.0 cm³/mol. The van der Waals surface area contributed by atoms with E-state index in [1.165, 1.54) is 0 Å². The second-order valence-electron chi connectivity index (χ2n) is 4.35. The van der Waals surface area contributed by atoms with E-state index >= 15 is 0 Å². The fourth-order valence-electron chi connectivity index (χ4n) is 2.11. The second kappa shape index (κ2) is 5.13. The second-order valence-corrected chi connectivity index (χ2v) is 5.63. The van der Waals surface area contributed by atoms with Crippen molar-refractivity contribution >= 4 is 45.7 Å². The van der Waals surface area contributed by atoms with Crippen LogP contribution in [0.2, 0.25) is 15.1 Å². The summed E-state index contributed by atoms with van der Waals surface area (Å²) in [4.78, 5) is 15.6. The zero-order chi connectivity index (χ0) is 14.3. The Hall–Kier alpha value is -1.48. The van der Waals surface area contributed by atoms with Crippen LogP contribution in [-0.2, 0) is 0 Å². The van der Waals surface area contributed by atoms with E-state index < -0.39 is 0 Å². The molecule has 0 radical (unpaired) electrons. The highest BCUT2D eigenvalue weighted by Gasteiger charge is 2.11. The van der Waals surface area contributed by atoms with Crippen LogP contribution in [0.15, 0.2) is 47.4 Å². The summed E-state index contributed by atoms with van der Waals surface area (Å²) in [5.41, 5.74) is 1.80. The Bertz CT molecular complexity index is 853. The largest absolute Gasteiger partial charge is 0.360 e. The molecule has 0 bridgehead atoms. The summed E-state index contributed by atoms with van der Waals surface area (Å²) in [5.74, 6) is 0. The number of fused-ring (bicyclic) bond motifs is 1. The van der Waals surface area contributed by atoms with Gasteiger partial charge >= 0.3 is 0 Å². The minimum Gasteiger partial charge on any atom is -0.360 e. The van der Waals surface area contributed by atoms with E-state index in [1.807, 2.05) is 0 Å². The minimum absolute atomic E-state index is 0.136. The van der Waals surface area contributed by atoms with Crippen LogP contribution >= 0.6 is 34.8 Å². The van der Waals surface area contributed by atoms with Gasteiger partial charge in [-0.05, 0) is 29.8 Å². The highest BCUT2D eigenvalue weighted by molar-refractivity contribution is 6.38. The quantitative estimate of drug-likeness (QED) is 0.659. The summed E-state index contributed by atoms with van der Waals surface area (Å²) in [5, 5.41) is 1.88. The van der Waals surface area contributed by atoms with Gasteiger partial charge in [0.1, 0.15) is 0 Å². The summed E-state index contributed by atoms with van der Waals surface area (Å²) >= 11 is 17.9. The van der Waals surface area contributed by atoms with Crippen LogP contribution in [-0.4, -0.2) is 4.98 Å². The molecule has 0 unspecified atom stereocenters. The lowest BCUT2D eigenvalue weighted by atomic mass is 10.0. The molecule has 1 heterocycles. The van der Waals surface area contributed by atoms with Gasteiger partial charge in [-0.3, -0.25) is 4.79 Å². The average Bonchev–Trinajstić information content (AvgIpc) is 2.39. The molecule has 2 aromatic carbocycles. The minimum atomic E-state index is -0.136. The highest BCUT2D eigenvalue weighted by Crippen LogP contribution is 2.26. The van der Waals surface area contributed by atoms with E-state index in [1.54, 1.807) is 42.6 Å². The molecule has 2 nitrogen and oxygen atoms in total. The molecule has 20 heavy (non-hydrogen) atoms. The third-order valence-electron chi connectivity index (χ3n) is 3.05. The molecule has 3 rings (SSSR count). The van der Waals surface area contributed by atoms with Crippen LogP contribution in [0.4, 0.5) is 0 Å². The van der Waals surface area contributed by atoms with E-state index in [2.05, 4.69) is 4.98 Å². The average molecular weight is 325 g/mol. The number of pyridine rings is 1. The van der Waals surface area contributed by atoms with Gasteiger partial charge in [-0.15, -0.1) is 0 Å². The molecule has 0 amide bonds. The Balaban J connectivity index is 2.31. The molecule has 0 atom stereocenters. The van der Waals surface area contributed by atoms with E-state index in [9.17, 15) is 4.79 Å². The molecular formula is C15H8Cl3NO. The lowest BCUT2D eigenvalue weighted by Gasteiger charge is -2.06. The molecular weight excluding hydrogens is 317 g/mol. The van der Waals surface area contributed by atoms with E-state index in [4.69, 9.17) is 34.8 Å². The van der Waals surface area contributed by atoms with E-state index in [0.29, 0.717) is 31.5 Å². The molecule has 0 aliphatic rings. The van der Waals surface area contributed by atoms with Crippen molar-refractivity contribution in [2.24, 2.45) is 0 Å². The maximum atomic E-state index is 12.6. The van der Waals surface area contributed by atoms with Crippen molar-refractivity contribution in [1.82, 2.24) is 4.98 Å². The number of halogens is 3. The van der Waals surface area contributed by atoms with Crippen LogP contribution in [0.1, 0.15) is 0 Å². The molecule has 0 spiro atoms. The Morgan fingerprint density at radius 1 is 0.900 bits per heavy atom. The summed E-state index contributed by atoms with van der Waals surface area (Å²) in [6.07, 6.45) is 1.65. The smallest absolute Gasteiger partial charge is 0.198 e. The van der Waals surface area contributed by atoms with Gasteiger partial charge in [0.15, 0.2) is 5.43 Å². The van der Waals surface area contributed by atoms with Gasteiger partial charge in [-0.25, -0.2) is 0 Å². The van der Waals surface area contributed by atoms with Crippen LogP contribution in [0.5, 0.6) is 0 Å². The third-order valence-corrected chi connectivity index (χ3v) is 3.82. The van der Waals surface area contributed by atoms with Gasteiger partial charge < -0.3 is 4.98 Å². The van der Waals surface area contributed by atoms with Crippen molar-refractivity contribution in [2.45, 2.75) is 0 Å². The molecule has 0 saturated heterocycles. The normalized spacial score (nSPS) is 10.9. The predicted octanol–water partition coefficient (Wildman–Crippen LogP) is 5.16. The van der Waals surface area contributed by atoms with Crippen molar-refractivity contribution in [2.75, 3.05) is 0 Å². The first kappa shape index (κ1) is 13.5. The third kappa shape index (κ3) is 2.31. The monoisotopic (exact) mass is 323 g/mol. The molecule has 0 fully saturated rings. The van der Waals surface area contributed by atoms with Gasteiger partial charge in [0.25, 0.3) is 0 Å². The molecule has 1 N–H and O–H groups in total. The number of rotatable bonds is 1. The van der Waals surface area contributed by atoms with Crippen molar-refractivity contribution in [3.8, 4) is 11.1 Å². The molecule has 0 saturated carbocycles. The fraction of sp³-hybridized carbons (Fsp3) is 0. The summed E-state index contributed by atoms with van der Waals surface area (Å²) in [6, 6.07) is 10.3. The molecule has 5 heteroatoms. The van der Waals surface area contributed by atoms with Gasteiger partial charge in [0, 0.05) is 21.8 Å². The first-order chi connectivity index (χ1) is 9.56. The molecule has 3 aromatic rings. The first-order valence-corrected chi connectivity index (χ1v) is 6.96. The van der Waals surface area contributed by atoms with Crippen LogP contribution in [0.3, 0.4) is 0 Å². The number of aromatic nitrogens is 1. The Morgan fingerprint density at radius 3 is 2.30 bits per heavy atom. The zero-order valence-electron chi connectivity index (χ0n) is 10.1. The Labute approximate surface area is 129 Å². The van der Waals surface area contributed by atoms with E-state index in [0.717, 1.165) is 5.56 Å². The lowest BCUT2D eigenvalue weighted by molar-refractivity contribution is 1.38. The standard InChI is InChI=1S/C15H8Cl3NO/c16-9-3-1-8(2-4-9)11-7-19-13-6-10(17)5-12(18)14(13)15(11)20/h1-7H,(H,19,20). The molecule has 0 aliphatic carbocycles. The van der Waals surface area contributed by atoms with Gasteiger partial charge in [-0.2, -0.15) is 0 Å². The number of aromatic amines is 1. The number of hydrogen-bond donors (Lipinski definition) is 1. The Morgan fingerprint density at radius 2 is 1.60 bits per heavy atom. The van der Waals surface area contributed by atoms with Crippen molar-refractivity contribution in [1.29, 1.82) is 0 Å². The van der Waals surface area contributed by atoms with Crippen molar-refractivity contribution in [3.05, 3.63) is 67.9 Å². The number of benzene rings is 2. The zero-order valence-corrected chi connectivity index (χ0v) is 12.4. The summed E-state index contributed by atoms with van der Waals surface area (Å²) in [7, 11) is 0. The first-order valence-electron chi connectivity index (χ1n) is 5.82. The molecule has 0 aliphatic heterocycles. The number of nitrogens with one attached hydrogen (secondary N) is 1. The lowest BCUT2D eigenvalue weighted by Crippen LogP contribution is -2.06. The Kier molecular flexibility index (Phi) is 3.47. The van der Waals surface area contributed by atoms with Crippen LogP contribution in [0.25, 0.3) is 22.0 Å². The fourth-order valence-corrected chi connectivity index (χ4v) is 2.82. The highest BCUT2D eigenvalue weighted by atomic mass is 35.5. The molecule has 1 aromatic heterocycles. The van der Waals surface area contributed by atoms with Crippen LogP contribution in [0, 0.1) is 0 Å². The molecule has 100 valence electrons. The van der Waals surface area contributed by atoms with Crippen molar-refractivity contribution < 1.29 is 0 Å².